The van der Waals surface area contributed by atoms with Gasteiger partial charge in [-0.05, 0) is 54.8 Å². The molecule has 1 spiro atoms. The van der Waals surface area contributed by atoms with Crippen LogP contribution in [0.2, 0.25) is 0 Å². The quantitative estimate of drug-likeness (QED) is 0.626. The molecule has 0 N–H and O–H groups in total. The van der Waals surface area contributed by atoms with Gasteiger partial charge in [-0.3, -0.25) is 4.79 Å². The zero-order valence-corrected chi connectivity index (χ0v) is 13.2. The van der Waals surface area contributed by atoms with Gasteiger partial charge in [0.2, 0.25) is 0 Å². The smallest absolute Gasteiger partial charge is 0.132 e. The topological polar surface area (TPSA) is 29.6 Å². The van der Waals surface area contributed by atoms with Crippen LogP contribution in [0.1, 0.15) is 65.7 Å². The Morgan fingerprint density at radius 3 is 2.70 bits per heavy atom. The number of rotatable bonds is 0. The summed E-state index contributed by atoms with van der Waals surface area (Å²) in [4.78, 5) is 12.0. The van der Waals surface area contributed by atoms with Crippen molar-refractivity contribution >= 4 is 5.78 Å². The van der Waals surface area contributed by atoms with Crippen LogP contribution in [-0.4, -0.2) is 17.5 Å². The maximum Gasteiger partial charge on any atom is 0.132 e. The Bertz CT molecular complexity index is 441. The van der Waals surface area contributed by atoms with Crippen molar-refractivity contribution in [2.24, 2.45) is 29.1 Å². The molecule has 4 rings (SSSR count). The average Bonchev–Trinajstić information content (AvgIpc) is 3.23. The van der Waals surface area contributed by atoms with E-state index in [2.05, 4.69) is 20.8 Å². The minimum absolute atomic E-state index is 0.159. The first-order valence-corrected chi connectivity index (χ1v) is 8.67. The van der Waals surface area contributed by atoms with Crippen LogP contribution in [-0.2, 0) is 9.53 Å². The molecule has 4 fully saturated rings. The molecule has 20 heavy (non-hydrogen) atoms. The predicted molar refractivity (Wildman–Crippen MR) is 78.3 cm³/mol. The Kier molecular flexibility index (Phi) is 2.72. The van der Waals surface area contributed by atoms with E-state index in [4.69, 9.17) is 4.74 Å². The van der Waals surface area contributed by atoms with Crippen LogP contribution in [0.4, 0.5) is 0 Å². The molecule has 1 heterocycles. The van der Waals surface area contributed by atoms with E-state index in [-0.39, 0.29) is 5.60 Å². The standard InChI is InChI=1S/C18H28O2/c1-11-10-14-16(17(14,2)3)13-9-8-12(19)6-4-5-7-15-18(11,13)20-15/h11,13-16H,4-10H2,1-3H3/t11-,13-,14+,15+,16-,18-/m0/s1. The first-order chi connectivity index (χ1) is 9.48. The molecule has 1 saturated heterocycles. The van der Waals surface area contributed by atoms with Crippen LogP contribution >= 0.6 is 0 Å². The lowest BCUT2D eigenvalue weighted by atomic mass is 9.67. The molecule has 2 heteroatoms. The largest absolute Gasteiger partial charge is 0.365 e. The highest BCUT2D eigenvalue weighted by Gasteiger charge is 2.76. The third kappa shape index (κ3) is 1.63. The number of fused-ring (bicyclic) bond motifs is 2. The molecule has 1 aliphatic heterocycles. The molecule has 6 atom stereocenters. The highest BCUT2D eigenvalue weighted by atomic mass is 16.6. The molecule has 0 unspecified atom stereocenters. The Balaban J connectivity index is 1.63. The molecule has 0 aromatic rings. The zero-order valence-electron chi connectivity index (χ0n) is 13.2. The van der Waals surface area contributed by atoms with Crippen molar-refractivity contribution in [1.82, 2.24) is 0 Å². The van der Waals surface area contributed by atoms with Gasteiger partial charge >= 0.3 is 0 Å². The molecule has 112 valence electrons. The van der Waals surface area contributed by atoms with E-state index in [0.29, 0.717) is 29.1 Å². The number of Topliss-reactive ketones (excluding diaryl/α,β-unsaturated/α-hetero) is 1. The minimum atomic E-state index is 0.159. The fourth-order valence-corrected chi connectivity index (χ4v) is 6.00. The predicted octanol–water partition coefficient (Wildman–Crippen LogP) is 3.98. The van der Waals surface area contributed by atoms with E-state index in [1.54, 1.807) is 0 Å². The second kappa shape index (κ2) is 4.09. The second-order valence-electron chi connectivity index (χ2n) is 8.48. The normalized spacial score (nSPS) is 53.4. The van der Waals surface area contributed by atoms with E-state index in [1.807, 2.05) is 0 Å². The first kappa shape index (κ1) is 13.3. The molecular formula is C18H28O2. The summed E-state index contributed by atoms with van der Waals surface area (Å²) >= 11 is 0. The number of hydrogen-bond donors (Lipinski definition) is 0. The van der Waals surface area contributed by atoms with Crippen LogP contribution in [0.15, 0.2) is 0 Å². The van der Waals surface area contributed by atoms with Gasteiger partial charge in [-0.1, -0.05) is 27.2 Å². The summed E-state index contributed by atoms with van der Waals surface area (Å²) in [5, 5.41) is 0. The second-order valence-corrected chi connectivity index (χ2v) is 8.48. The number of carbonyl (C=O) groups is 1. The summed E-state index contributed by atoms with van der Waals surface area (Å²) in [6, 6.07) is 0. The zero-order chi connectivity index (χ0) is 14.1. The van der Waals surface area contributed by atoms with Gasteiger partial charge in [-0.15, -0.1) is 0 Å². The molecule has 0 bridgehead atoms. The van der Waals surface area contributed by atoms with Gasteiger partial charge in [0, 0.05) is 12.8 Å². The van der Waals surface area contributed by atoms with Gasteiger partial charge in [0.15, 0.2) is 0 Å². The average molecular weight is 276 g/mol. The van der Waals surface area contributed by atoms with E-state index < -0.39 is 0 Å². The summed E-state index contributed by atoms with van der Waals surface area (Å²) < 4.78 is 6.37. The summed E-state index contributed by atoms with van der Waals surface area (Å²) in [6.45, 7) is 7.28. The monoisotopic (exact) mass is 276 g/mol. The lowest BCUT2D eigenvalue weighted by Crippen LogP contribution is -2.40. The van der Waals surface area contributed by atoms with E-state index in [0.717, 1.165) is 37.5 Å². The fourth-order valence-electron chi connectivity index (χ4n) is 6.00. The Morgan fingerprint density at radius 1 is 1.10 bits per heavy atom. The SMILES string of the molecule is C[C@H]1C[C@@H]2[C@H]([C@@H]3CCC(=O)CCCC[C@H]4O[C@]143)C2(C)C. The van der Waals surface area contributed by atoms with E-state index in [1.165, 1.54) is 19.3 Å². The lowest BCUT2D eigenvalue weighted by molar-refractivity contribution is -0.119. The van der Waals surface area contributed by atoms with E-state index >= 15 is 0 Å². The summed E-state index contributed by atoms with van der Waals surface area (Å²) in [6.07, 6.45) is 7.98. The molecule has 3 saturated carbocycles. The first-order valence-electron chi connectivity index (χ1n) is 8.67. The van der Waals surface area contributed by atoms with Gasteiger partial charge in [0.1, 0.15) is 11.4 Å². The van der Waals surface area contributed by atoms with Crippen molar-refractivity contribution < 1.29 is 9.53 Å². The summed E-state index contributed by atoms with van der Waals surface area (Å²) in [5.74, 6) is 3.53. The minimum Gasteiger partial charge on any atom is -0.365 e. The van der Waals surface area contributed by atoms with Crippen LogP contribution in [0.25, 0.3) is 0 Å². The lowest BCUT2D eigenvalue weighted by Gasteiger charge is -2.35. The maximum atomic E-state index is 12.0. The van der Waals surface area contributed by atoms with Crippen LogP contribution < -0.4 is 0 Å². The highest BCUT2D eigenvalue weighted by Crippen LogP contribution is 2.75. The van der Waals surface area contributed by atoms with Crippen molar-refractivity contribution in [3.8, 4) is 0 Å². The van der Waals surface area contributed by atoms with Crippen molar-refractivity contribution in [2.45, 2.75) is 77.4 Å². The third-order valence-electron chi connectivity index (χ3n) is 7.23. The third-order valence-corrected chi connectivity index (χ3v) is 7.23. The van der Waals surface area contributed by atoms with Gasteiger partial charge in [-0.25, -0.2) is 0 Å². The summed E-state index contributed by atoms with van der Waals surface area (Å²) in [5.41, 5.74) is 0.651. The van der Waals surface area contributed by atoms with Crippen molar-refractivity contribution in [2.75, 3.05) is 0 Å². The van der Waals surface area contributed by atoms with Crippen LogP contribution in [0.5, 0.6) is 0 Å². The summed E-state index contributed by atoms with van der Waals surface area (Å²) in [7, 11) is 0. The molecular weight excluding hydrogens is 248 g/mol. The van der Waals surface area contributed by atoms with Crippen molar-refractivity contribution in [3.05, 3.63) is 0 Å². The molecule has 0 radical (unpaired) electrons. The number of epoxide rings is 1. The van der Waals surface area contributed by atoms with Crippen LogP contribution in [0, 0.1) is 29.1 Å². The molecule has 4 aliphatic rings. The molecule has 3 aliphatic carbocycles. The maximum absolute atomic E-state index is 12.0. The Hall–Kier alpha value is -0.370. The van der Waals surface area contributed by atoms with Crippen molar-refractivity contribution in [3.63, 3.8) is 0 Å². The van der Waals surface area contributed by atoms with Gasteiger partial charge < -0.3 is 4.74 Å². The molecule has 0 aromatic heterocycles. The van der Waals surface area contributed by atoms with Gasteiger partial charge in [0.05, 0.1) is 6.10 Å². The number of ketones is 1. The van der Waals surface area contributed by atoms with Crippen LogP contribution in [0.3, 0.4) is 0 Å². The van der Waals surface area contributed by atoms with Gasteiger partial charge in [0.25, 0.3) is 0 Å². The molecule has 2 nitrogen and oxygen atoms in total. The Labute approximate surface area is 122 Å². The number of hydrogen-bond acceptors (Lipinski definition) is 2. The van der Waals surface area contributed by atoms with Gasteiger partial charge in [-0.2, -0.15) is 0 Å². The van der Waals surface area contributed by atoms with Crippen molar-refractivity contribution in [1.29, 1.82) is 0 Å². The fraction of sp³-hybridized carbons (Fsp3) is 0.944. The number of ether oxygens (including phenoxy) is 1. The Morgan fingerprint density at radius 2 is 1.90 bits per heavy atom. The van der Waals surface area contributed by atoms with E-state index in [9.17, 15) is 4.79 Å². The highest BCUT2D eigenvalue weighted by molar-refractivity contribution is 5.78. The number of carbonyl (C=O) groups excluding carboxylic acids is 1. The molecule has 0 aromatic carbocycles. The molecule has 0 amide bonds.